The molecule has 0 fully saturated rings. The van der Waals surface area contributed by atoms with Crippen molar-refractivity contribution >= 4 is 23.4 Å². The Morgan fingerprint density at radius 3 is 2.46 bits per heavy atom. The molecule has 0 aliphatic carbocycles. The Bertz CT molecular complexity index is 981. The number of benzene rings is 2. The summed E-state index contributed by atoms with van der Waals surface area (Å²) in [5, 5.41) is 4.71. The molecule has 0 saturated heterocycles. The Hall–Kier alpha value is -3.12. The first-order valence-electron chi connectivity index (χ1n) is 7.93. The third kappa shape index (κ3) is 3.75. The lowest BCUT2D eigenvalue weighted by molar-refractivity contribution is 0.0846. The molecule has 0 aliphatic heterocycles. The van der Waals surface area contributed by atoms with Gasteiger partial charge in [-0.3, -0.25) is 20.4 Å². The number of carbonyl (C=O) groups is 2. The lowest BCUT2D eigenvalue weighted by atomic mass is 10.2. The number of aromatic nitrogens is 2. The highest BCUT2D eigenvalue weighted by atomic mass is 35.5. The SMILES string of the molecule is Cc1cccc(-n2ncc(C(=O)NNC(=O)c3cccc(Cl)c3)c2C)c1. The molecule has 3 aromatic rings. The maximum Gasteiger partial charge on any atom is 0.273 e. The summed E-state index contributed by atoms with van der Waals surface area (Å²) in [5.41, 5.74) is 8.13. The highest BCUT2D eigenvalue weighted by molar-refractivity contribution is 6.30. The van der Waals surface area contributed by atoms with Crippen LogP contribution in [0, 0.1) is 13.8 Å². The fourth-order valence-electron chi connectivity index (χ4n) is 2.54. The van der Waals surface area contributed by atoms with Gasteiger partial charge in [0.1, 0.15) is 0 Å². The molecule has 132 valence electrons. The predicted octanol–water partition coefficient (Wildman–Crippen LogP) is 3.22. The van der Waals surface area contributed by atoms with Crippen molar-refractivity contribution in [2.75, 3.05) is 0 Å². The van der Waals surface area contributed by atoms with Gasteiger partial charge in [-0.25, -0.2) is 4.68 Å². The minimum atomic E-state index is -0.454. The molecule has 1 aromatic heterocycles. The lowest BCUT2D eigenvalue weighted by Gasteiger charge is -2.08. The van der Waals surface area contributed by atoms with E-state index in [0.29, 0.717) is 21.8 Å². The fraction of sp³-hybridized carbons (Fsp3) is 0.105. The largest absolute Gasteiger partial charge is 0.273 e. The van der Waals surface area contributed by atoms with Crippen LogP contribution < -0.4 is 10.9 Å². The average molecular weight is 369 g/mol. The number of nitrogens with zero attached hydrogens (tertiary/aromatic N) is 2. The van der Waals surface area contributed by atoms with E-state index < -0.39 is 11.8 Å². The number of aryl methyl sites for hydroxylation is 1. The molecule has 26 heavy (non-hydrogen) atoms. The van der Waals surface area contributed by atoms with Crippen LogP contribution in [0.4, 0.5) is 0 Å². The molecule has 0 saturated carbocycles. The number of rotatable bonds is 3. The summed E-state index contributed by atoms with van der Waals surface area (Å²) in [6, 6.07) is 14.3. The van der Waals surface area contributed by atoms with E-state index in [4.69, 9.17) is 11.6 Å². The van der Waals surface area contributed by atoms with Crippen molar-refractivity contribution in [2.45, 2.75) is 13.8 Å². The Morgan fingerprint density at radius 1 is 1.00 bits per heavy atom. The monoisotopic (exact) mass is 368 g/mol. The summed E-state index contributed by atoms with van der Waals surface area (Å²) in [7, 11) is 0. The van der Waals surface area contributed by atoms with Crippen LogP contribution in [0.1, 0.15) is 32.0 Å². The number of hydrogen-bond donors (Lipinski definition) is 2. The van der Waals surface area contributed by atoms with Crippen LogP contribution in [-0.4, -0.2) is 21.6 Å². The van der Waals surface area contributed by atoms with Crippen molar-refractivity contribution in [1.82, 2.24) is 20.6 Å². The van der Waals surface area contributed by atoms with Gasteiger partial charge in [-0.2, -0.15) is 5.10 Å². The number of carbonyl (C=O) groups excluding carboxylic acids is 2. The van der Waals surface area contributed by atoms with E-state index in [9.17, 15) is 9.59 Å². The molecule has 7 heteroatoms. The molecule has 1 heterocycles. The van der Waals surface area contributed by atoms with Crippen LogP contribution >= 0.6 is 11.6 Å². The van der Waals surface area contributed by atoms with Crippen molar-refractivity contribution < 1.29 is 9.59 Å². The quantitative estimate of drug-likeness (QED) is 0.697. The smallest absolute Gasteiger partial charge is 0.267 e. The van der Waals surface area contributed by atoms with Gasteiger partial charge in [-0.05, 0) is 49.7 Å². The lowest BCUT2D eigenvalue weighted by Crippen LogP contribution is -2.41. The summed E-state index contributed by atoms with van der Waals surface area (Å²) < 4.78 is 1.68. The third-order valence-electron chi connectivity index (χ3n) is 3.88. The van der Waals surface area contributed by atoms with Gasteiger partial charge in [0.25, 0.3) is 11.8 Å². The molecule has 0 unspecified atom stereocenters. The molecule has 0 aliphatic rings. The van der Waals surface area contributed by atoms with Crippen LogP contribution in [0.2, 0.25) is 5.02 Å². The fourth-order valence-corrected chi connectivity index (χ4v) is 2.73. The average Bonchev–Trinajstić information content (AvgIpc) is 3.01. The summed E-state index contributed by atoms with van der Waals surface area (Å²) >= 11 is 5.86. The van der Waals surface area contributed by atoms with E-state index in [-0.39, 0.29) is 0 Å². The van der Waals surface area contributed by atoms with E-state index in [1.165, 1.54) is 12.3 Å². The topological polar surface area (TPSA) is 76.0 Å². The van der Waals surface area contributed by atoms with Gasteiger partial charge in [-0.1, -0.05) is 29.8 Å². The van der Waals surface area contributed by atoms with E-state index in [0.717, 1.165) is 11.3 Å². The first-order valence-corrected chi connectivity index (χ1v) is 8.31. The molecule has 0 radical (unpaired) electrons. The van der Waals surface area contributed by atoms with Gasteiger partial charge in [0.15, 0.2) is 0 Å². The number of amides is 2. The molecule has 0 bridgehead atoms. The molecular weight excluding hydrogens is 352 g/mol. The summed E-state index contributed by atoms with van der Waals surface area (Å²) in [5.74, 6) is -0.902. The van der Waals surface area contributed by atoms with Crippen molar-refractivity contribution in [1.29, 1.82) is 0 Å². The van der Waals surface area contributed by atoms with Crippen LogP contribution in [0.3, 0.4) is 0 Å². The number of hydrogen-bond acceptors (Lipinski definition) is 3. The molecule has 3 rings (SSSR count). The molecular formula is C19H17ClN4O2. The Morgan fingerprint density at radius 2 is 1.73 bits per heavy atom. The maximum atomic E-state index is 12.4. The maximum absolute atomic E-state index is 12.4. The number of hydrazine groups is 1. The number of nitrogens with one attached hydrogen (secondary N) is 2. The first-order chi connectivity index (χ1) is 12.5. The van der Waals surface area contributed by atoms with Crippen molar-refractivity contribution in [3.8, 4) is 5.69 Å². The summed E-state index contributed by atoms with van der Waals surface area (Å²) in [6.45, 7) is 3.78. The molecule has 2 N–H and O–H groups in total. The molecule has 0 atom stereocenters. The normalized spacial score (nSPS) is 10.4. The van der Waals surface area contributed by atoms with Gasteiger partial charge < -0.3 is 0 Å². The molecule has 6 nitrogen and oxygen atoms in total. The standard InChI is InChI=1S/C19H17ClN4O2/c1-12-5-3-8-16(9-12)24-13(2)17(11-21-24)19(26)23-22-18(25)14-6-4-7-15(20)10-14/h3-11H,1-2H3,(H,22,25)(H,23,26). The summed E-state index contributed by atoms with van der Waals surface area (Å²) in [6.07, 6.45) is 1.47. The second-order valence-electron chi connectivity index (χ2n) is 5.81. The Kier molecular flexibility index (Phi) is 5.04. The van der Waals surface area contributed by atoms with Gasteiger partial charge in [0, 0.05) is 10.6 Å². The zero-order chi connectivity index (χ0) is 18.7. The minimum Gasteiger partial charge on any atom is -0.267 e. The van der Waals surface area contributed by atoms with Crippen molar-refractivity contribution in [2.24, 2.45) is 0 Å². The van der Waals surface area contributed by atoms with E-state index in [1.807, 2.05) is 31.2 Å². The first kappa shape index (κ1) is 17.7. The highest BCUT2D eigenvalue weighted by Gasteiger charge is 2.16. The second kappa shape index (κ2) is 7.41. The molecule has 0 spiro atoms. The van der Waals surface area contributed by atoms with E-state index in [1.54, 1.807) is 29.8 Å². The second-order valence-corrected chi connectivity index (χ2v) is 6.25. The van der Waals surface area contributed by atoms with Crippen LogP contribution in [0.5, 0.6) is 0 Å². The third-order valence-corrected chi connectivity index (χ3v) is 4.11. The number of halogens is 1. The van der Waals surface area contributed by atoms with E-state index >= 15 is 0 Å². The predicted molar refractivity (Wildman–Crippen MR) is 99.4 cm³/mol. The Labute approximate surface area is 155 Å². The van der Waals surface area contributed by atoms with Crippen LogP contribution in [0.15, 0.2) is 54.7 Å². The van der Waals surface area contributed by atoms with Gasteiger partial charge >= 0.3 is 0 Å². The van der Waals surface area contributed by atoms with Crippen LogP contribution in [-0.2, 0) is 0 Å². The highest BCUT2D eigenvalue weighted by Crippen LogP contribution is 2.15. The minimum absolute atomic E-state index is 0.352. The van der Waals surface area contributed by atoms with E-state index in [2.05, 4.69) is 16.0 Å². The Balaban J connectivity index is 1.72. The van der Waals surface area contributed by atoms with Crippen molar-refractivity contribution in [3.63, 3.8) is 0 Å². The zero-order valence-corrected chi connectivity index (χ0v) is 15.0. The zero-order valence-electron chi connectivity index (χ0n) is 14.3. The summed E-state index contributed by atoms with van der Waals surface area (Å²) in [4.78, 5) is 24.5. The van der Waals surface area contributed by atoms with Gasteiger partial charge in [0.05, 0.1) is 23.1 Å². The molecule has 2 aromatic carbocycles. The van der Waals surface area contributed by atoms with Gasteiger partial charge in [0.2, 0.25) is 0 Å². The van der Waals surface area contributed by atoms with Gasteiger partial charge in [-0.15, -0.1) is 0 Å². The van der Waals surface area contributed by atoms with Crippen molar-refractivity contribution in [3.05, 3.63) is 82.1 Å². The molecule has 2 amide bonds. The van der Waals surface area contributed by atoms with Crippen LogP contribution in [0.25, 0.3) is 5.69 Å².